The first-order valence-corrected chi connectivity index (χ1v) is 6.41. The number of amides is 2. The number of hydrogen-bond acceptors (Lipinski definition) is 2. The van der Waals surface area contributed by atoms with Gasteiger partial charge in [-0.1, -0.05) is 12.1 Å². The normalized spacial score (nSPS) is 13.9. The number of anilines is 2. The molecule has 5 heteroatoms. The first-order chi connectivity index (χ1) is 9.58. The smallest absolute Gasteiger partial charge is 0.275 e. The Bertz CT molecular complexity index is 703. The Labute approximate surface area is 116 Å². The van der Waals surface area contributed by atoms with Crippen molar-refractivity contribution in [3.05, 3.63) is 47.8 Å². The molecular formula is C15H15N3O2. The molecule has 1 aliphatic rings. The van der Waals surface area contributed by atoms with Crippen LogP contribution >= 0.6 is 0 Å². The SMILES string of the molecule is Cc1ccc(C(=O)N2CC(=O)Nc3ccccc32)n1C. The number of nitrogens with zero attached hydrogens (tertiary/aromatic N) is 2. The molecule has 0 unspecified atom stereocenters. The van der Waals surface area contributed by atoms with Crippen molar-refractivity contribution in [1.82, 2.24) is 4.57 Å². The van der Waals surface area contributed by atoms with Crippen LogP contribution in [0, 0.1) is 6.92 Å². The van der Waals surface area contributed by atoms with Gasteiger partial charge < -0.3 is 9.88 Å². The van der Waals surface area contributed by atoms with Gasteiger partial charge in [0, 0.05) is 12.7 Å². The predicted octanol–water partition coefficient (Wildman–Crippen LogP) is 1.93. The monoisotopic (exact) mass is 269 g/mol. The van der Waals surface area contributed by atoms with Crippen LogP contribution < -0.4 is 10.2 Å². The van der Waals surface area contributed by atoms with Crippen LogP contribution in [-0.4, -0.2) is 22.9 Å². The number of carbonyl (C=O) groups is 2. The third-order valence-electron chi connectivity index (χ3n) is 3.61. The molecule has 1 aliphatic heterocycles. The highest BCUT2D eigenvalue weighted by Gasteiger charge is 2.28. The van der Waals surface area contributed by atoms with Crippen LogP contribution in [-0.2, 0) is 11.8 Å². The summed E-state index contributed by atoms with van der Waals surface area (Å²) in [4.78, 5) is 25.9. The van der Waals surface area contributed by atoms with Gasteiger partial charge in [0.2, 0.25) is 5.91 Å². The second-order valence-corrected chi connectivity index (χ2v) is 4.88. The van der Waals surface area contributed by atoms with E-state index in [1.807, 2.05) is 42.8 Å². The van der Waals surface area contributed by atoms with Crippen molar-refractivity contribution in [2.24, 2.45) is 7.05 Å². The summed E-state index contributed by atoms with van der Waals surface area (Å²) in [6.07, 6.45) is 0. The predicted molar refractivity (Wildman–Crippen MR) is 76.9 cm³/mol. The van der Waals surface area contributed by atoms with E-state index in [2.05, 4.69) is 5.32 Å². The van der Waals surface area contributed by atoms with Crippen LogP contribution in [0.15, 0.2) is 36.4 Å². The summed E-state index contributed by atoms with van der Waals surface area (Å²) in [7, 11) is 1.85. The average molecular weight is 269 g/mol. The van der Waals surface area contributed by atoms with Crippen molar-refractivity contribution >= 4 is 23.2 Å². The topological polar surface area (TPSA) is 54.3 Å². The van der Waals surface area contributed by atoms with Crippen molar-refractivity contribution in [2.75, 3.05) is 16.8 Å². The zero-order valence-corrected chi connectivity index (χ0v) is 11.4. The third-order valence-corrected chi connectivity index (χ3v) is 3.61. The lowest BCUT2D eigenvalue weighted by Gasteiger charge is -2.29. The Hall–Kier alpha value is -2.56. The summed E-state index contributed by atoms with van der Waals surface area (Å²) in [5.41, 5.74) is 2.98. The van der Waals surface area contributed by atoms with E-state index >= 15 is 0 Å². The van der Waals surface area contributed by atoms with E-state index in [9.17, 15) is 9.59 Å². The maximum absolute atomic E-state index is 12.7. The Morgan fingerprint density at radius 2 is 1.95 bits per heavy atom. The number of carbonyl (C=O) groups excluding carboxylic acids is 2. The molecule has 0 spiro atoms. The number of aromatic nitrogens is 1. The summed E-state index contributed by atoms with van der Waals surface area (Å²) < 4.78 is 1.83. The van der Waals surface area contributed by atoms with Crippen LogP contribution in [0.4, 0.5) is 11.4 Å². The Morgan fingerprint density at radius 3 is 2.65 bits per heavy atom. The summed E-state index contributed by atoms with van der Waals surface area (Å²) in [5.74, 6) is -0.342. The Morgan fingerprint density at radius 1 is 1.20 bits per heavy atom. The zero-order chi connectivity index (χ0) is 14.3. The van der Waals surface area contributed by atoms with Gasteiger partial charge in [-0.05, 0) is 31.2 Å². The van der Waals surface area contributed by atoms with Gasteiger partial charge in [-0.15, -0.1) is 0 Å². The summed E-state index contributed by atoms with van der Waals surface area (Å²) in [6, 6.07) is 11.0. The number of hydrogen-bond donors (Lipinski definition) is 1. The molecule has 1 aromatic heterocycles. The van der Waals surface area contributed by atoms with E-state index in [-0.39, 0.29) is 18.4 Å². The van der Waals surface area contributed by atoms with Gasteiger partial charge in [-0.3, -0.25) is 14.5 Å². The molecule has 3 rings (SSSR count). The van der Waals surface area contributed by atoms with Crippen molar-refractivity contribution in [3.63, 3.8) is 0 Å². The number of benzene rings is 1. The van der Waals surface area contributed by atoms with Crippen molar-refractivity contribution in [1.29, 1.82) is 0 Å². The first-order valence-electron chi connectivity index (χ1n) is 6.41. The largest absolute Gasteiger partial charge is 0.344 e. The molecule has 0 atom stereocenters. The molecule has 0 radical (unpaired) electrons. The fourth-order valence-corrected chi connectivity index (χ4v) is 2.38. The second kappa shape index (κ2) is 4.52. The molecule has 20 heavy (non-hydrogen) atoms. The Balaban J connectivity index is 2.04. The van der Waals surface area contributed by atoms with Crippen LogP contribution in [0.1, 0.15) is 16.2 Å². The van der Waals surface area contributed by atoms with Gasteiger partial charge in [0.1, 0.15) is 12.2 Å². The molecule has 2 amide bonds. The fourth-order valence-electron chi connectivity index (χ4n) is 2.38. The molecule has 5 nitrogen and oxygen atoms in total. The number of fused-ring (bicyclic) bond motifs is 1. The van der Waals surface area contributed by atoms with Crippen LogP contribution in [0.2, 0.25) is 0 Å². The van der Waals surface area contributed by atoms with Crippen LogP contribution in [0.3, 0.4) is 0 Å². The minimum atomic E-state index is -0.178. The van der Waals surface area contributed by atoms with Gasteiger partial charge in [-0.25, -0.2) is 0 Å². The van der Waals surface area contributed by atoms with Crippen molar-refractivity contribution in [2.45, 2.75) is 6.92 Å². The van der Waals surface area contributed by atoms with Gasteiger partial charge in [-0.2, -0.15) is 0 Å². The molecule has 2 aromatic rings. The quantitative estimate of drug-likeness (QED) is 0.860. The van der Waals surface area contributed by atoms with Crippen molar-refractivity contribution in [3.8, 4) is 0 Å². The van der Waals surface area contributed by atoms with E-state index in [0.717, 1.165) is 11.4 Å². The highest BCUT2D eigenvalue weighted by atomic mass is 16.2. The minimum Gasteiger partial charge on any atom is -0.344 e. The average Bonchev–Trinajstić information content (AvgIpc) is 2.77. The first kappa shape index (κ1) is 12.5. The number of rotatable bonds is 1. The molecule has 102 valence electrons. The molecule has 0 aliphatic carbocycles. The third kappa shape index (κ3) is 1.87. The maximum Gasteiger partial charge on any atom is 0.275 e. The standard InChI is InChI=1S/C15H15N3O2/c1-10-7-8-13(17(10)2)15(20)18-9-14(19)16-11-5-3-4-6-12(11)18/h3-8H,9H2,1-2H3,(H,16,19). The summed E-state index contributed by atoms with van der Waals surface area (Å²) in [5, 5.41) is 2.78. The fraction of sp³-hybridized carbons (Fsp3) is 0.200. The molecule has 1 N–H and O–H groups in total. The molecular weight excluding hydrogens is 254 g/mol. The number of nitrogens with one attached hydrogen (secondary N) is 1. The molecule has 2 heterocycles. The molecule has 0 saturated carbocycles. The Kier molecular flexibility index (Phi) is 2.82. The van der Waals surface area contributed by atoms with E-state index in [1.165, 1.54) is 4.90 Å². The van der Waals surface area contributed by atoms with E-state index < -0.39 is 0 Å². The number of para-hydroxylation sites is 2. The van der Waals surface area contributed by atoms with Gasteiger partial charge in [0.25, 0.3) is 5.91 Å². The maximum atomic E-state index is 12.7. The summed E-state index contributed by atoms with van der Waals surface area (Å²) >= 11 is 0. The summed E-state index contributed by atoms with van der Waals surface area (Å²) in [6.45, 7) is 1.98. The van der Waals surface area contributed by atoms with Gasteiger partial charge >= 0.3 is 0 Å². The van der Waals surface area contributed by atoms with E-state index in [4.69, 9.17) is 0 Å². The lowest BCUT2D eigenvalue weighted by molar-refractivity contribution is -0.115. The molecule has 0 saturated heterocycles. The van der Waals surface area contributed by atoms with E-state index in [1.54, 1.807) is 12.1 Å². The molecule has 1 aromatic carbocycles. The highest BCUT2D eigenvalue weighted by Crippen LogP contribution is 2.30. The minimum absolute atomic E-state index is 0.0417. The second-order valence-electron chi connectivity index (χ2n) is 4.88. The van der Waals surface area contributed by atoms with Gasteiger partial charge in [0.15, 0.2) is 0 Å². The highest BCUT2D eigenvalue weighted by molar-refractivity contribution is 6.14. The zero-order valence-electron chi connectivity index (χ0n) is 11.4. The molecule has 0 fully saturated rings. The van der Waals surface area contributed by atoms with Crippen LogP contribution in [0.5, 0.6) is 0 Å². The van der Waals surface area contributed by atoms with Gasteiger partial charge in [0.05, 0.1) is 11.4 Å². The molecule has 0 bridgehead atoms. The van der Waals surface area contributed by atoms with E-state index in [0.29, 0.717) is 11.4 Å². The lowest BCUT2D eigenvalue weighted by atomic mass is 10.2. The van der Waals surface area contributed by atoms with Crippen LogP contribution in [0.25, 0.3) is 0 Å². The lowest BCUT2D eigenvalue weighted by Crippen LogP contribution is -2.42. The van der Waals surface area contributed by atoms with Crippen molar-refractivity contribution < 1.29 is 9.59 Å². The number of aryl methyl sites for hydroxylation is 1.